The molecule has 102 valence electrons. The van der Waals surface area contributed by atoms with Gasteiger partial charge < -0.3 is 0 Å². The lowest BCUT2D eigenvalue weighted by atomic mass is 9.46. The van der Waals surface area contributed by atoms with Gasteiger partial charge in [-0.3, -0.25) is 0 Å². The average Bonchev–Trinajstić information content (AvgIpc) is 2.37. The van der Waals surface area contributed by atoms with Gasteiger partial charge in [0.1, 0.15) is 12.7 Å². The van der Waals surface area contributed by atoms with Crippen LogP contribution in [-0.2, 0) is 19.9 Å². The van der Waals surface area contributed by atoms with Crippen molar-refractivity contribution in [3.63, 3.8) is 0 Å². The smallest absolute Gasteiger partial charge is 0.126 e. The minimum atomic E-state index is 0.0231. The van der Waals surface area contributed by atoms with E-state index in [0.717, 1.165) is 17.8 Å². The van der Waals surface area contributed by atoms with Crippen molar-refractivity contribution >= 4 is 0 Å². The number of hydrogen-bond donors (Lipinski definition) is 0. The second-order valence-corrected chi connectivity index (χ2v) is 7.12. The molecule has 5 fully saturated rings. The van der Waals surface area contributed by atoms with Crippen molar-refractivity contribution in [2.75, 3.05) is 6.61 Å². The quantitative estimate of drug-likeness (QED) is 0.710. The van der Waals surface area contributed by atoms with Gasteiger partial charge in [-0.15, -0.1) is 0 Å². The number of hydrogen-bond acceptors (Lipinski definition) is 4. The summed E-state index contributed by atoms with van der Waals surface area (Å²) in [5.74, 6) is 3.41. The van der Waals surface area contributed by atoms with E-state index in [0.29, 0.717) is 17.9 Å². The third-order valence-electron chi connectivity index (χ3n) is 6.08. The molecule has 1 heterocycles. The molecule has 4 nitrogen and oxygen atoms in total. The molecule has 1 aliphatic heterocycles. The molecule has 5 rings (SSSR count). The zero-order valence-corrected chi connectivity index (χ0v) is 11.0. The van der Waals surface area contributed by atoms with Crippen molar-refractivity contribution < 1.29 is 19.9 Å². The highest BCUT2D eigenvalue weighted by Gasteiger charge is 2.55. The van der Waals surface area contributed by atoms with Crippen molar-refractivity contribution in [3.8, 4) is 0 Å². The minimum absolute atomic E-state index is 0.0231. The van der Waals surface area contributed by atoms with Crippen molar-refractivity contribution in [1.29, 1.82) is 0 Å². The zero-order valence-electron chi connectivity index (χ0n) is 11.0. The molecule has 0 aromatic carbocycles. The normalized spacial score (nSPS) is 52.5. The summed E-state index contributed by atoms with van der Waals surface area (Å²) >= 11 is 0. The molecule has 2 atom stereocenters. The molecule has 0 aromatic heterocycles. The first-order chi connectivity index (χ1) is 8.75. The summed E-state index contributed by atoms with van der Waals surface area (Å²) < 4.78 is 0. The lowest BCUT2D eigenvalue weighted by Gasteiger charge is -2.59. The van der Waals surface area contributed by atoms with E-state index in [1.165, 1.54) is 38.5 Å². The predicted octanol–water partition coefficient (Wildman–Crippen LogP) is 3.03. The molecule has 4 bridgehead atoms. The van der Waals surface area contributed by atoms with E-state index in [2.05, 4.69) is 17.0 Å². The van der Waals surface area contributed by atoms with Gasteiger partial charge in [-0.05, 0) is 77.7 Å². The molecule has 0 radical (unpaired) electrons. The molecule has 0 amide bonds. The van der Waals surface area contributed by atoms with Crippen molar-refractivity contribution in [2.45, 2.75) is 51.6 Å². The zero-order chi connectivity index (χ0) is 12.2. The molecule has 0 aromatic rings. The summed E-state index contributed by atoms with van der Waals surface area (Å²) in [5, 5.41) is 8.89. The van der Waals surface area contributed by atoms with Gasteiger partial charge in [-0.25, -0.2) is 4.89 Å². The summed E-state index contributed by atoms with van der Waals surface area (Å²) in [4.78, 5) is 10.2. The highest BCUT2D eigenvalue weighted by atomic mass is 17.7. The van der Waals surface area contributed by atoms with Crippen molar-refractivity contribution in [2.24, 2.45) is 29.1 Å². The first-order valence-corrected chi connectivity index (χ1v) is 7.37. The van der Waals surface area contributed by atoms with Gasteiger partial charge in [-0.2, -0.15) is 4.89 Å². The average molecular weight is 254 g/mol. The Bertz CT molecular complexity index is 288. The highest BCUT2D eigenvalue weighted by molar-refractivity contribution is 5.04. The lowest BCUT2D eigenvalue weighted by Crippen LogP contribution is -2.52. The summed E-state index contributed by atoms with van der Waals surface area (Å²) in [7, 11) is 0. The van der Waals surface area contributed by atoms with Gasteiger partial charge >= 0.3 is 0 Å². The maximum Gasteiger partial charge on any atom is 0.126 e. The number of rotatable bonds is 2. The van der Waals surface area contributed by atoms with Crippen LogP contribution in [0.3, 0.4) is 0 Å². The van der Waals surface area contributed by atoms with Gasteiger partial charge in [0.25, 0.3) is 0 Å². The van der Waals surface area contributed by atoms with Crippen LogP contribution in [0.2, 0.25) is 0 Å². The van der Waals surface area contributed by atoms with E-state index in [4.69, 9.17) is 9.78 Å². The summed E-state index contributed by atoms with van der Waals surface area (Å²) in [6.45, 7) is 2.80. The van der Waals surface area contributed by atoms with Crippen LogP contribution in [0, 0.1) is 29.1 Å². The second-order valence-electron chi connectivity index (χ2n) is 7.12. The van der Waals surface area contributed by atoms with Gasteiger partial charge in [0, 0.05) is 0 Å². The molecule has 2 unspecified atom stereocenters. The fourth-order valence-electron chi connectivity index (χ4n) is 5.57. The molecule has 1 saturated heterocycles. The molecule has 0 spiro atoms. The van der Waals surface area contributed by atoms with Gasteiger partial charge in [0.15, 0.2) is 0 Å². The van der Waals surface area contributed by atoms with E-state index in [9.17, 15) is 0 Å². The van der Waals surface area contributed by atoms with Crippen molar-refractivity contribution in [3.05, 3.63) is 0 Å². The van der Waals surface area contributed by atoms with E-state index in [1.54, 1.807) is 0 Å². The third-order valence-corrected chi connectivity index (χ3v) is 6.08. The summed E-state index contributed by atoms with van der Waals surface area (Å²) in [5.41, 5.74) is 0.476. The van der Waals surface area contributed by atoms with Gasteiger partial charge in [0.05, 0.1) is 0 Å². The summed E-state index contributed by atoms with van der Waals surface area (Å²) in [6, 6.07) is 0. The van der Waals surface area contributed by atoms with E-state index in [-0.39, 0.29) is 6.10 Å². The maximum atomic E-state index is 5.28. The Morgan fingerprint density at radius 2 is 1.56 bits per heavy atom. The van der Waals surface area contributed by atoms with Crippen LogP contribution in [0.4, 0.5) is 0 Å². The van der Waals surface area contributed by atoms with Crippen LogP contribution in [0.15, 0.2) is 0 Å². The van der Waals surface area contributed by atoms with Crippen LogP contribution in [0.1, 0.15) is 45.4 Å². The fraction of sp³-hybridized carbons (Fsp3) is 1.00. The molecule has 0 N–H and O–H groups in total. The Labute approximate surface area is 108 Å². The van der Waals surface area contributed by atoms with Crippen molar-refractivity contribution in [1.82, 2.24) is 0 Å². The molecule has 4 aliphatic carbocycles. The van der Waals surface area contributed by atoms with Crippen LogP contribution in [-0.4, -0.2) is 12.7 Å². The van der Waals surface area contributed by atoms with E-state index >= 15 is 0 Å². The SMILES string of the molecule is CC(C1COOOO1)C12CC3CC(CC(C3)C1)C2. The standard InChI is InChI=1S/C14H22O4/c1-9(13-8-15-17-18-16-13)14-5-10-2-11(6-14)4-12(3-10)7-14/h9-13H,2-8H2,1H3. The van der Waals surface area contributed by atoms with Crippen LogP contribution < -0.4 is 0 Å². The van der Waals surface area contributed by atoms with Crippen LogP contribution in [0.5, 0.6) is 0 Å². The van der Waals surface area contributed by atoms with E-state index < -0.39 is 0 Å². The predicted molar refractivity (Wildman–Crippen MR) is 62.8 cm³/mol. The maximum absolute atomic E-state index is 5.28. The first kappa shape index (κ1) is 11.6. The third kappa shape index (κ3) is 1.73. The largest absolute Gasteiger partial charge is 0.201 e. The monoisotopic (exact) mass is 254 g/mol. The van der Waals surface area contributed by atoms with Crippen LogP contribution >= 0.6 is 0 Å². The molecular weight excluding hydrogens is 232 g/mol. The molecule has 4 heteroatoms. The first-order valence-electron chi connectivity index (χ1n) is 7.37. The Kier molecular flexibility index (Phi) is 2.70. The highest BCUT2D eigenvalue weighted by Crippen LogP contribution is 2.63. The minimum Gasteiger partial charge on any atom is -0.201 e. The van der Waals surface area contributed by atoms with Crippen LogP contribution in [0.25, 0.3) is 0 Å². The van der Waals surface area contributed by atoms with Gasteiger partial charge in [0.2, 0.25) is 0 Å². The molecule has 5 aliphatic rings. The van der Waals surface area contributed by atoms with E-state index in [1.807, 2.05) is 0 Å². The lowest BCUT2D eigenvalue weighted by molar-refractivity contribution is -0.679. The Morgan fingerprint density at radius 1 is 0.944 bits per heavy atom. The summed E-state index contributed by atoms with van der Waals surface area (Å²) in [6.07, 6.45) is 8.63. The topological polar surface area (TPSA) is 36.9 Å². The second kappa shape index (κ2) is 4.17. The fourth-order valence-corrected chi connectivity index (χ4v) is 5.57. The Morgan fingerprint density at radius 3 is 2.06 bits per heavy atom. The van der Waals surface area contributed by atoms with Gasteiger partial charge in [-0.1, -0.05) is 6.92 Å². The molecular formula is C14H22O4. The Balaban J connectivity index is 1.55. The molecule has 4 saturated carbocycles. The molecule has 18 heavy (non-hydrogen) atoms. The Hall–Kier alpha value is -0.160.